The molecule has 0 saturated heterocycles. The third-order valence-electron chi connectivity index (χ3n) is 35.0. The summed E-state index contributed by atoms with van der Waals surface area (Å²) in [5.74, 6) is -2.32. The summed E-state index contributed by atoms with van der Waals surface area (Å²) in [6.45, 7) is 11.6. The number of H-pyrrole nitrogens is 2. The van der Waals surface area contributed by atoms with Gasteiger partial charge in [0.1, 0.15) is 0 Å². The molecule has 2 amide bonds. The summed E-state index contributed by atoms with van der Waals surface area (Å²) in [5, 5.41) is 95.0. The molecule has 3 N–H and O–H groups in total. The van der Waals surface area contributed by atoms with Gasteiger partial charge in [-0.2, -0.15) is 0 Å². The van der Waals surface area contributed by atoms with Crippen molar-refractivity contribution in [1.82, 2.24) is 29.7 Å². The van der Waals surface area contributed by atoms with Crippen LogP contribution in [0.1, 0.15) is 147 Å². The van der Waals surface area contributed by atoms with E-state index in [4.69, 9.17) is 9.97 Å². The van der Waals surface area contributed by atoms with Crippen LogP contribution in [0.2, 0.25) is 0 Å². The van der Waals surface area contributed by atoms with Gasteiger partial charge in [-0.15, -0.1) is 0 Å². The molecule has 5 aliphatic carbocycles. The topological polar surface area (TPSA) is 135 Å². The van der Waals surface area contributed by atoms with Gasteiger partial charge in [0, 0.05) is 63.4 Å². The maximum Gasteiger partial charge on any atom is 0.303 e. The second-order valence-electron chi connectivity index (χ2n) is 38.0. The Labute approximate surface area is 618 Å². The van der Waals surface area contributed by atoms with Crippen LogP contribution in [0.5, 0.6) is 0 Å². The molecule has 10 heteroatoms. The Morgan fingerprint density at radius 1 is 0.495 bits per heavy atom. The number of imide groups is 1. The normalized spacial score (nSPS) is 21.4. The number of rotatable bonds is 9. The van der Waals surface area contributed by atoms with Crippen molar-refractivity contribution >= 4 is 348 Å². The van der Waals surface area contributed by atoms with Crippen molar-refractivity contribution in [3.63, 3.8) is 0 Å². The number of carboxylic acid groups (broad SMARTS) is 1. The number of carbonyl (C=O) groups is 3. The molecule has 39 rings (SSSR count). The number of likely N-dealkylation sites (N-methyl/N-ethyl adjacent to an activating group) is 1. The van der Waals surface area contributed by atoms with Gasteiger partial charge < -0.3 is 20.0 Å². The molecule has 2 atom stereocenters. The highest BCUT2D eigenvalue weighted by molar-refractivity contribution is 6.82. The third kappa shape index (κ3) is 3.71. The number of nitrogens with one attached hydrogen (secondary N) is 2. The zero-order valence-electron chi connectivity index (χ0n) is 60.5. The van der Waals surface area contributed by atoms with Crippen molar-refractivity contribution in [1.29, 1.82) is 0 Å². The fourth-order valence-corrected chi connectivity index (χ4v) is 32.5. The lowest BCUT2D eigenvalue weighted by Gasteiger charge is -2.57. The molecule has 6 heterocycles. The van der Waals surface area contributed by atoms with E-state index < -0.39 is 22.7 Å². The number of hydrogen-bond donors (Lipinski definition) is 3. The van der Waals surface area contributed by atoms with E-state index in [1.54, 1.807) is 275 Å². The van der Waals surface area contributed by atoms with Gasteiger partial charge in [-0.3, -0.25) is 24.3 Å². The SMILES string of the molecule is CCC1=C(C)c2cc3[nH]c(cc4nc(c5c6[nH]c(cc1n2)c(C)c6C(=O)N(CC1=CCC26c7c8c9c%10c%11c%12c(c%13c%14c2c2c7c7c%15c8c8c9c9c%11c%11c%16c%12c%12c%13c%13c%14c%14c2c2c7c7c%15c%15c8c8c9c%11c9c%11c%16c%12c%12c%13c%13c%14c2c2c7c7c%15c8c9c8c%11c%12c%13c2c78)C%106C1)C5=O)[C@@H](CCC(=O)O)[C@@H]4C)c(C)c3/C=C\CN(C)C. The van der Waals surface area contributed by atoms with E-state index in [1.165, 1.54) is 43.1 Å². The largest absolute Gasteiger partial charge is 0.481 e. The van der Waals surface area contributed by atoms with Gasteiger partial charge >= 0.3 is 5.97 Å². The number of allylic oxidation sites excluding steroid dienone is 3. The molecule has 0 radical (unpaired) electrons. The summed E-state index contributed by atoms with van der Waals surface area (Å²) in [5.41, 5.74) is 18.3. The average Bonchev–Trinajstić information content (AvgIpc) is 1.38. The second kappa shape index (κ2) is 13.4. The van der Waals surface area contributed by atoms with E-state index in [9.17, 15) is 9.90 Å². The maximum atomic E-state index is 17.2. The minimum atomic E-state index is -0.900. The average molecular weight is 1410 g/mol. The second-order valence-corrected chi connectivity index (χ2v) is 38.0. The van der Waals surface area contributed by atoms with Gasteiger partial charge in [0.25, 0.3) is 11.8 Å². The number of aryl methyl sites for hydroxylation is 2. The van der Waals surface area contributed by atoms with Crippen molar-refractivity contribution in [2.75, 3.05) is 27.2 Å². The highest BCUT2D eigenvalue weighted by Crippen LogP contribution is 2.86. The van der Waals surface area contributed by atoms with Crippen LogP contribution >= 0.6 is 0 Å². The van der Waals surface area contributed by atoms with Crippen molar-refractivity contribution in [2.45, 2.75) is 89.4 Å². The van der Waals surface area contributed by atoms with Crippen LogP contribution in [0, 0.1) is 13.8 Å². The summed E-state index contributed by atoms with van der Waals surface area (Å²) in [6.07, 6.45) is 9.29. The molecule has 504 valence electrons. The number of aromatic amines is 2. The fourth-order valence-electron chi connectivity index (χ4n) is 32.5. The lowest BCUT2D eigenvalue weighted by Crippen LogP contribution is -2.54. The highest BCUT2D eigenvalue weighted by atomic mass is 16.4. The molecular weight excluding hydrogens is 1360 g/mol. The molecule has 0 fully saturated rings. The molecule has 10 nitrogen and oxygen atoms in total. The standard InChI is InChI=1S/C101H46N6O4/c1-8-26-21(2)30-17-34-27(10-9-15-106(6)7)22(3)29(103-34)16-31-23(4)28(11-12-35(108)109)96(104-31)91-97-36(24(5)32(105-97)18-33(26)102-30)98(110)107(99(91)111)20-25-13-14-100-92-83-75-65-55-47-39-37-38-41-45-43(39)51-59-53(45)63-57-49(41)50-42(38)46-44-40(37)48(47)56-62-52(44)60-54(46)64-58(50)68-67(57)77-71(63)81-73(59)79(69(75)61(51)55)85(92)87(81)94-89(77)90-78(68)72(64)82-74(60)80-70(62)76(66(56)65)84(83)93(100)86(80)88(82)95(90)101(94,100)19-25/h9-10,13,16-18,23,28,103,105H,8,11-12,14-15,19-20H2,1-7H3,(H,108,109)/b10-9-,29-16?,30-17?,31-16?,32-18?,33-18?,34-17?,96-91?/t23-,28-,100?,101?/m0/s1. The van der Waals surface area contributed by atoms with E-state index in [0.717, 1.165) is 86.4 Å². The smallest absolute Gasteiger partial charge is 0.303 e. The Balaban J connectivity index is 0.675. The molecule has 3 aliphatic heterocycles. The Kier molecular flexibility index (Phi) is 6.16. The summed E-state index contributed by atoms with van der Waals surface area (Å²) in [6, 6.07) is 6.40. The minimum absolute atomic E-state index is 0.107. The van der Waals surface area contributed by atoms with Crippen molar-refractivity contribution in [3.8, 4) is 0 Å². The van der Waals surface area contributed by atoms with Gasteiger partial charge in [-0.25, -0.2) is 4.98 Å². The zero-order chi connectivity index (χ0) is 70.8. The maximum absolute atomic E-state index is 17.2. The van der Waals surface area contributed by atoms with Crippen LogP contribution in [-0.2, 0) is 15.6 Å². The van der Waals surface area contributed by atoms with Gasteiger partial charge in [-0.05, 0) is 414 Å². The number of benzene rings is 18. The lowest BCUT2D eigenvalue weighted by molar-refractivity contribution is -0.137. The Hall–Kier alpha value is -12.6. The molecule has 31 aromatic rings. The molecule has 0 saturated carbocycles. The number of carboxylic acids is 1. The Bertz CT molecular complexity index is 9930. The molecule has 8 bridgehead atoms. The lowest BCUT2D eigenvalue weighted by atomic mass is 9.44. The van der Waals surface area contributed by atoms with E-state index in [2.05, 4.69) is 93.1 Å². The first-order valence-electron chi connectivity index (χ1n) is 40.6. The number of aromatic nitrogens is 4. The molecule has 111 heavy (non-hydrogen) atoms. The third-order valence-corrected chi connectivity index (χ3v) is 35.0. The fraction of sp³-hybridized carbons (Fsp3) is 0.178. The monoisotopic (exact) mass is 1410 g/mol. The van der Waals surface area contributed by atoms with Crippen molar-refractivity contribution in [2.24, 2.45) is 0 Å². The molecular formula is C101H46N6O4. The van der Waals surface area contributed by atoms with E-state index in [1.807, 2.05) is 6.92 Å². The van der Waals surface area contributed by atoms with E-state index >= 15 is 9.59 Å². The highest BCUT2D eigenvalue weighted by Gasteiger charge is 2.70. The quantitative estimate of drug-likeness (QED) is 0.0744. The first kappa shape index (κ1) is 50.9. The molecule has 2 spiro atoms. The first-order chi connectivity index (χ1) is 54.3. The van der Waals surface area contributed by atoms with Crippen LogP contribution in [-0.4, -0.2) is 79.8 Å². The summed E-state index contributed by atoms with van der Waals surface area (Å²) >= 11 is 0. The van der Waals surface area contributed by atoms with Crippen molar-refractivity contribution < 1.29 is 19.5 Å². The Morgan fingerprint density at radius 3 is 1.27 bits per heavy atom. The van der Waals surface area contributed by atoms with Crippen LogP contribution in [0.25, 0.3) is 330 Å². The van der Waals surface area contributed by atoms with E-state index in [0.29, 0.717) is 28.8 Å². The van der Waals surface area contributed by atoms with Gasteiger partial charge in [0.15, 0.2) is 0 Å². The van der Waals surface area contributed by atoms with Gasteiger partial charge in [0.2, 0.25) is 0 Å². The molecule has 3 aromatic heterocycles. The van der Waals surface area contributed by atoms with Crippen LogP contribution in [0.15, 0.2) is 35.9 Å². The van der Waals surface area contributed by atoms with Gasteiger partial charge in [0.05, 0.1) is 40.3 Å². The minimum Gasteiger partial charge on any atom is -0.481 e. The van der Waals surface area contributed by atoms with Crippen LogP contribution in [0.3, 0.4) is 0 Å². The van der Waals surface area contributed by atoms with Crippen molar-refractivity contribution in [3.05, 3.63) is 109 Å². The number of aliphatic carboxylic acids is 1. The number of hydrogen-bond acceptors (Lipinski definition) is 6. The van der Waals surface area contributed by atoms with E-state index in [-0.39, 0.29) is 37.1 Å². The summed E-state index contributed by atoms with van der Waals surface area (Å²) in [7, 11) is 4.15. The predicted molar refractivity (Wildman–Crippen MR) is 455 cm³/mol. The molecule has 28 aromatic carbocycles. The van der Waals surface area contributed by atoms with Crippen LogP contribution in [0.4, 0.5) is 0 Å². The Morgan fingerprint density at radius 2 is 0.874 bits per heavy atom. The molecule has 8 aliphatic rings. The molecule has 0 unspecified atom stereocenters. The number of carbonyl (C=O) groups excluding carboxylic acids is 2. The summed E-state index contributed by atoms with van der Waals surface area (Å²) < 4.78 is 0. The van der Waals surface area contributed by atoms with Crippen LogP contribution < -0.4 is 0 Å². The first-order valence-corrected chi connectivity index (χ1v) is 40.6. The zero-order valence-corrected chi connectivity index (χ0v) is 60.5. The number of nitrogens with zero attached hydrogens (tertiary/aromatic N) is 4. The van der Waals surface area contributed by atoms with Gasteiger partial charge in [-0.1, -0.05) is 37.6 Å². The number of amides is 2. The number of fused-ring (bicyclic) bond motifs is 8. The summed E-state index contributed by atoms with van der Waals surface area (Å²) in [4.78, 5) is 69.6. The predicted octanol–water partition coefficient (Wildman–Crippen LogP) is 24.2.